The summed E-state index contributed by atoms with van der Waals surface area (Å²) in [5.74, 6) is -0.881. The van der Waals surface area contributed by atoms with Gasteiger partial charge in [-0.2, -0.15) is 8.42 Å². The molecule has 0 aliphatic carbocycles. The number of nitrogens with one attached hydrogen (secondary N) is 2. The van der Waals surface area contributed by atoms with Crippen molar-refractivity contribution in [3.63, 3.8) is 0 Å². The zero-order chi connectivity index (χ0) is 15.3. The van der Waals surface area contributed by atoms with Crippen molar-refractivity contribution in [2.24, 2.45) is 0 Å². The average Bonchev–Trinajstić information content (AvgIpc) is 2.46. The second kappa shape index (κ2) is 6.64. The first-order valence-electron chi connectivity index (χ1n) is 6.46. The number of anilines is 1. The number of nitrogens with zero attached hydrogens (tertiary/aromatic N) is 1. The van der Waals surface area contributed by atoms with Crippen LogP contribution in [-0.2, 0) is 16.6 Å². The molecule has 1 heterocycles. The first-order valence-corrected chi connectivity index (χ1v) is 7.94. The van der Waals surface area contributed by atoms with Crippen LogP contribution in [-0.4, -0.2) is 19.9 Å². The normalized spacial score (nSPS) is 11.3. The minimum atomic E-state index is -4.03. The van der Waals surface area contributed by atoms with Crippen molar-refractivity contribution in [3.05, 3.63) is 54.0 Å². The molecule has 2 rings (SSSR count). The highest BCUT2D eigenvalue weighted by molar-refractivity contribution is 7.92. The summed E-state index contributed by atoms with van der Waals surface area (Å²) in [6.07, 6.45) is 1.23. The van der Waals surface area contributed by atoms with Crippen LogP contribution in [0.15, 0.2) is 47.6 Å². The van der Waals surface area contributed by atoms with Crippen LogP contribution in [0.1, 0.15) is 12.5 Å². The van der Waals surface area contributed by atoms with E-state index in [0.717, 1.165) is 18.2 Å². The number of rotatable bonds is 6. The van der Waals surface area contributed by atoms with E-state index >= 15 is 0 Å². The third-order valence-corrected chi connectivity index (χ3v) is 4.08. The number of benzene rings is 1. The zero-order valence-corrected chi connectivity index (χ0v) is 12.3. The predicted molar refractivity (Wildman–Crippen MR) is 78.8 cm³/mol. The van der Waals surface area contributed by atoms with Gasteiger partial charge in [-0.15, -0.1) is 0 Å². The molecular weight excluding hydrogens is 293 g/mol. The molecule has 1 aromatic heterocycles. The molecular formula is C14H16FN3O2S. The lowest BCUT2D eigenvalue weighted by molar-refractivity contribution is 0.557. The fourth-order valence-electron chi connectivity index (χ4n) is 1.73. The quantitative estimate of drug-likeness (QED) is 0.857. The maximum Gasteiger partial charge on any atom is 0.282 e. The van der Waals surface area contributed by atoms with Gasteiger partial charge in [0.2, 0.25) is 5.03 Å². The number of hydrogen-bond donors (Lipinski definition) is 2. The van der Waals surface area contributed by atoms with Gasteiger partial charge in [0.1, 0.15) is 0 Å². The minimum absolute atomic E-state index is 0.361. The lowest BCUT2D eigenvalue weighted by atomic mass is 10.2. The monoisotopic (exact) mass is 309 g/mol. The van der Waals surface area contributed by atoms with Crippen LogP contribution < -0.4 is 10.0 Å². The van der Waals surface area contributed by atoms with Gasteiger partial charge < -0.3 is 5.32 Å². The summed E-state index contributed by atoms with van der Waals surface area (Å²) in [6.45, 7) is 3.57. The summed E-state index contributed by atoms with van der Waals surface area (Å²) in [6, 6.07) is 9.26. The topological polar surface area (TPSA) is 71.1 Å². The molecule has 0 saturated carbocycles. The lowest BCUT2D eigenvalue weighted by Gasteiger charge is -2.09. The number of aromatic nitrogens is 1. The Morgan fingerprint density at radius 1 is 1.19 bits per heavy atom. The Kier molecular flexibility index (Phi) is 4.87. The van der Waals surface area contributed by atoms with Gasteiger partial charge >= 0.3 is 0 Å². The summed E-state index contributed by atoms with van der Waals surface area (Å²) in [7, 11) is -4.03. The highest BCUT2D eigenvalue weighted by Crippen LogP contribution is 2.17. The van der Waals surface area contributed by atoms with Gasteiger partial charge in [-0.25, -0.2) is 9.37 Å². The molecule has 21 heavy (non-hydrogen) atoms. The lowest BCUT2D eigenvalue weighted by Crippen LogP contribution is -2.16. The zero-order valence-electron chi connectivity index (χ0n) is 11.5. The van der Waals surface area contributed by atoms with Gasteiger partial charge in [0.05, 0.1) is 0 Å². The molecule has 0 unspecified atom stereocenters. The number of hydrogen-bond acceptors (Lipinski definition) is 4. The van der Waals surface area contributed by atoms with Crippen LogP contribution in [0.4, 0.5) is 10.1 Å². The van der Waals surface area contributed by atoms with E-state index < -0.39 is 20.9 Å². The Morgan fingerprint density at radius 2 is 1.90 bits per heavy atom. The molecule has 7 heteroatoms. The molecule has 0 aliphatic rings. The van der Waals surface area contributed by atoms with Crippen molar-refractivity contribution in [1.82, 2.24) is 10.3 Å². The highest BCUT2D eigenvalue weighted by Gasteiger charge is 2.20. The predicted octanol–water partition coefficient (Wildman–Crippen LogP) is 2.13. The summed E-state index contributed by atoms with van der Waals surface area (Å²) in [5, 5.41) is 2.56. The maximum atomic E-state index is 13.5. The fraction of sp³-hybridized carbons (Fsp3) is 0.214. The van der Waals surface area contributed by atoms with E-state index in [1.807, 2.05) is 6.92 Å². The van der Waals surface area contributed by atoms with E-state index in [0.29, 0.717) is 12.2 Å². The molecule has 0 spiro atoms. The minimum Gasteiger partial charge on any atom is -0.313 e. The Hall–Kier alpha value is -1.99. The van der Waals surface area contributed by atoms with Crippen LogP contribution in [0, 0.1) is 5.82 Å². The van der Waals surface area contributed by atoms with E-state index in [1.54, 1.807) is 24.3 Å². The van der Waals surface area contributed by atoms with Crippen molar-refractivity contribution in [3.8, 4) is 0 Å². The highest BCUT2D eigenvalue weighted by atomic mass is 32.2. The van der Waals surface area contributed by atoms with Gasteiger partial charge in [0, 0.05) is 18.4 Å². The smallest absolute Gasteiger partial charge is 0.282 e. The van der Waals surface area contributed by atoms with Crippen molar-refractivity contribution in [2.75, 3.05) is 11.3 Å². The van der Waals surface area contributed by atoms with Crippen molar-refractivity contribution < 1.29 is 12.8 Å². The molecule has 0 atom stereocenters. The van der Waals surface area contributed by atoms with Crippen molar-refractivity contribution >= 4 is 15.7 Å². The van der Waals surface area contributed by atoms with Crippen LogP contribution in [0.2, 0.25) is 0 Å². The molecule has 0 radical (unpaired) electrons. The van der Waals surface area contributed by atoms with Crippen LogP contribution in [0.3, 0.4) is 0 Å². The molecule has 112 valence electrons. The molecule has 0 saturated heterocycles. The summed E-state index contributed by atoms with van der Waals surface area (Å²) in [4.78, 5) is 3.57. The van der Waals surface area contributed by atoms with Crippen LogP contribution in [0.25, 0.3) is 0 Å². The van der Waals surface area contributed by atoms with Gasteiger partial charge in [0.15, 0.2) is 5.82 Å². The fourth-order valence-corrected chi connectivity index (χ4v) is 2.80. The van der Waals surface area contributed by atoms with Gasteiger partial charge in [0.25, 0.3) is 10.0 Å². The van der Waals surface area contributed by atoms with E-state index in [2.05, 4.69) is 15.0 Å². The third kappa shape index (κ3) is 3.99. The standard InChI is InChI=1S/C14H16FN3O2S/c1-2-16-10-11-5-7-12(8-6-11)18-21(19,20)14-13(15)4-3-9-17-14/h3-9,16,18H,2,10H2,1H3. The van der Waals surface area contributed by atoms with Crippen LogP contribution in [0.5, 0.6) is 0 Å². The molecule has 2 aromatic rings. The van der Waals surface area contributed by atoms with Gasteiger partial charge in [-0.3, -0.25) is 4.72 Å². The SMILES string of the molecule is CCNCc1ccc(NS(=O)(=O)c2ncccc2F)cc1. The molecule has 0 bridgehead atoms. The van der Waals surface area contributed by atoms with E-state index in [-0.39, 0.29) is 0 Å². The molecule has 0 aliphatic heterocycles. The summed E-state index contributed by atoms with van der Waals surface area (Å²) >= 11 is 0. The first kappa shape index (κ1) is 15.4. The Labute approximate surface area is 123 Å². The van der Waals surface area contributed by atoms with Gasteiger partial charge in [-0.1, -0.05) is 19.1 Å². The van der Waals surface area contributed by atoms with E-state index in [1.165, 1.54) is 12.3 Å². The second-order valence-corrected chi connectivity index (χ2v) is 5.97. The number of pyridine rings is 1. The third-order valence-electron chi connectivity index (χ3n) is 2.76. The van der Waals surface area contributed by atoms with Gasteiger partial charge in [-0.05, 0) is 36.4 Å². The second-order valence-electron chi connectivity index (χ2n) is 4.37. The van der Waals surface area contributed by atoms with E-state index in [4.69, 9.17) is 0 Å². The Bertz CT molecular complexity index is 702. The number of halogens is 1. The molecule has 5 nitrogen and oxygen atoms in total. The van der Waals surface area contributed by atoms with Crippen LogP contribution >= 0.6 is 0 Å². The van der Waals surface area contributed by atoms with Crippen molar-refractivity contribution in [1.29, 1.82) is 0 Å². The molecule has 1 aromatic carbocycles. The Balaban J connectivity index is 2.16. The molecule has 2 N–H and O–H groups in total. The molecule has 0 amide bonds. The summed E-state index contributed by atoms with van der Waals surface area (Å²) in [5.41, 5.74) is 1.39. The Morgan fingerprint density at radius 3 is 2.52 bits per heavy atom. The maximum absolute atomic E-state index is 13.5. The first-order chi connectivity index (χ1) is 10.0. The summed E-state index contributed by atoms with van der Waals surface area (Å²) < 4.78 is 39.9. The average molecular weight is 309 g/mol. The molecule has 0 fully saturated rings. The van der Waals surface area contributed by atoms with Crippen molar-refractivity contribution in [2.45, 2.75) is 18.5 Å². The largest absolute Gasteiger partial charge is 0.313 e. The van der Waals surface area contributed by atoms with E-state index in [9.17, 15) is 12.8 Å². The number of sulfonamides is 1.